The Morgan fingerprint density at radius 3 is 1.80 bits per heavy atom. The van der Waals surface area contributed by atoms with Crippen molar-refractivity contribution in [3.8, 4) is 11.1 Å². The van der Waals surface area contributed by atoms with Crippen molar-refractivity contribution in [3.05, 3.63) is 264 Å². The minimum absolute atomic E-state index is 0.206. The summed E-state index contributed by atoms with van der Waals surface area (Å²) < 4.78 is 0. The molecule has 0 heterocycles. The van der Waals surface area contributed by atoms with Crippen LogP contribution in [0.1, 0.15) is 81.2 Å². The fraction of sp³-hybridized carbons (Fsp3) is 0.182. The first-order valence-corrected chi connectivity index (χ1v) is 24.7. The molecule has 7 N–H and O–H groups in total. The van der Waals surface area contributed by atoms with Crippen LogP contribution < -0.4 is 22.7 Å². The second-order valence-corrected chi connectivity index (χ2v) is 16.2. The molecule has 1 aliphatic carbocycles. The third kappa shape index (κ3) is 15.3. The average Bonchev–Trinajstić information content (AvgIpc) is 3.42. The van der Waals surface area contributed by atoms with Crippen LogP contribution in [0.15, 0.2) is 236 Å². The topological polar surface area (TPSA) is 90.1 Å². The molecule has 4 nitrogen and oxygen atoms in total. The van der Waals surface area contributed by atoms with Gasteiger partial charge in [-0.25, -0.2) is 0 Å². The molecule has 0 radical (unpaired) electrons. The van der Waals surface area contributed by atoms with Gasteiger partial charge in [-0.3, -0.25) is 11.3 Å². The maximum atomic E-state index is 6.14. The summed E-state index contributed by atoms with van der Waals surface area (Å²) in [7, 11) is 3.15. The predicted molar refractivity (Wildman–Crippen MR) is 312 cm³/mol. The van der Waals surface area contributed by atoms with Crippen LogP contribution in [0.5, 0.6) is 0 Å². The van der Waals surface area contributed by atoms with Crippen molar-refractivity contribution < 1.29 is 0 Å². The summed E-state index contributed by atoms with van der Waals surface area (Å²) >= 11 is 0. The van der Waals surface area contributed by atoms with Gasteiger partial charge in [0.1, 0.15) is 0 Å². The fourth-order valence-electron chi connectivity index (χ4n) is 8.57. The minimum atomic E-state index is 0.206. The van der Waals surface area contributed by atoms with Gasteiger partial charge in [0.2, 0.25) is 0 Å². The highest BCUT2D eigenvalue weighted by molar-refractivity contribution is 5.97. The van der Waals surface area contributed by atoms with Crippen molar-refractivity contribution in [2.75, 3.05) is 19.8 Å². The van der Waals surface area contributed by atoms with E-state index in [1.54, 1.807) is 7.05 Å². The van der Waals surface area contributed by atoms with Crippen LogP contribution in [-0.2, 0) is 6.42 Å². The Balaban J connectivity index is 0.000000256. The van der Waals surface area contributed by atoms with E-state index in [1.807, 2.05) is 77.1 Å². The quantitative estimate of drug-likeness (QED) is 0.0502. The zero-order valence-corrected chi connectivity index (χ0v) is 42.9. The lowest BCUT2D eigenvalue weighted by Gasteiger charge is -2.24. The molecule has 0 fully saturated rings. The van der Waals surface area contributed by atoms with Crippen molar-refractivity contribution in [1.82, 2.24) is 5.43 Å². The van der Waals surface area contributed by atoms with Gasteiger partial charge in [-0.1, -0.05) is 238 Å². The van der Waals surface area contributed by atoms with Gasteiger partial charge in [-0.2, -0.15) is 0 Å². The molecule has 0 spiro atoms. The molecule has 8 aromatic rings. The molecule has 360 valence electrons. The van der Waals surface area contributed by atoms with E-state index >= 15 is 0 Å². The number of allylic oxidation sites excluding steroid dienone is 12. The first kappa shape index (κ1) is 55.3. The summed E-state index contributed by atoms with van der Waals surface area (Å²) in [4.78, 5) is 0. The number of hydrogen-bond donors (Lipinski definition) is 4. The van der Waals surface area contributed by atoms with E-state index in [4.69, 9.17) is 5.73 Å². The third-order valence-corrected chi connectivity index (χ3v) is 11.7. The second-order valence-electron chi connectivity index (χ2n) is 16.2. The van der Waals surface area contributed by atoms with Crippen LogP contribution in [0, 0.1) is 6.92 Å². The molecule has 1 atom stereocenters. The SMILES string of the molecule is C/C=C\C=C(/Cc1ccccc1N)c1cccc2ccccc12.C/C=C\C=C/C.CC.CN.CNN.Cc1ccc(C(C2=CCCC=C2)c2cccc(-c3cccc4ccccc34)c2)c2ccccc12. The van der Waals surface area contributed by atoms with Crippen LogP contribution in [-0.4, -0.2) is 14.1 Å². The van der Waals surface area contributed by atoms with Crippen molar-refractivity contribution in [1.29, 1.82) is 0 Å². The molecule has 0 bridgehead atoms. The highest BCUT2D eigenvalue weighted by Gasteiger charge is 2.22. The van der Waals surface area contributed by atoms with Crippen LogP contribution in [0.3, 0.4) is 0 Å². The Morgan fingerprint density at radius 1 is 0.600 bits per heavy atom. The predicted octanol–water partition coefficient (Wildman–Crippen LogP) is 16.8. The zero-order chi connectivity index (χ0) is 50.5. The number of para-hydroxylation sites is 1. The van der Waals surface area contributed by atoms with Crippen LogP contribution in [0.4, 0.5) is 5.69 Å². The fourth-order valence-corrected chi connectivity index (χ4v) is 8.57. The normalized spacial score (nSPS) is 12.4. The van der Waals surface area contributed by atoms with E-state index in [2.05, 4.69) is 212 Å². The standard InChI is InChI=1S/C34H28.C22H21N.C6H10.C2H6.CH6N2.CH5N/c1-24-21-22-33(32-19-8-7-17-29(24)32)34(26-12-3-2-4-13-26)28-16-9-15-27(23-28)31-20-10-14-25-11-5-6-18-30(25)31;1-2-3-9-18(16-19-11-5-7-15-22(19)23)21-14-8-12-17-10-4-6-13-20(17)21;1-3-5-6-4-2;1-2;1-3-2;1-2/h3,5-23,34H,2,4H2,1H3;2-15H,16,23H2,1H3;3-6H,1-2H3;1-2H3;3H,2H2,1H3;2H2,1H3/b;3-2-,18-9+;5-3-,6-4-;;;. The van der Waals surface area contributed by atoms with E-state index in [0.717, 1.165) is 30.5 Å². The molecule has 4 heteroatoms. The maximum absolute atomic E-state index is 6.14. The molecule has 70 heavy (non-hydrogen) atoms. The molecular formula is C66H76N4. The van der Waals surface area contributed by atoms with Gasteiger partial charge in [0.05, 0.1) is 0 Å². The highest BCUT2D eigenvalue weighted by Crippen LogP contribution is 2.41. The Kier molecular flexibility index (Phi) is 24.4. The molecule has 0 saturated heterocycles. The lowest BCUT2D eigenvalue weighted by molar-refractivity contribution is 0.900. The maximum Gasteiger partial charge on any atom is 0.0349 e. The lowest BCUT2D eigenvalue weighted by atomic mass is 9.79. The number of nitrogen functional groups attached to an aromatic ring is 1. The summed E-state index contributed by atoms with van der Waals surface area (Å²) in [6, 6.07) is 61.0. The van der Waals surface area contributed by atoms with Crippen molar-refractivity contribution >= 4 is 43.6 Å². The first-order valence-electron chi connectivity index (χ1n) is 24.7. The number of hydrazine groups is 1. The number of hydrogen-bond acceptors (Lipinski definition) is 4. The lowest BCUT2D eigenvalue weighted by Crippen LogP contribution is -2.13. The van der Waals surface area contributed by atoms with Crippen molar-refractivity contribution in [2.24, 2.45) is 11.6 Å². The van der Waals surface area contributed by atoms with E-state index < -0.39 is 0 Å². The van der Waals surface area contributed by atoms with E-state index in [9.17, 15) is 0 Å². The Bertz CT molecular complexity index is 3000. The third-order valence-electron chi connectivity index (χ3n) is 11.7. The molecular weight excluding hydrogens is 849 g/mol. The number of nitrogens with one attached hydrogen (secondary N) is 1. The summed E-state index contributed by atoms with van der Waals surface area (Å²) in [5.74, 6) is 4.80. The van der Waals surface area contributed by atoms with Gasteiger partial charge < -0.3 is 11.5 Å². The van der Waals surface area contributed by atoms with E-state index in [1.165, 1.54) is 83.9 Å². The van der Waals surface area contributed by atoms with Gasteiger partial charge in [0.25, 0.3) is 0 Å². The van der Waals surface area contributed by atoms with Gasteiger partial charge in [0, 0.05) is 18.0 Å². The first-order chi connectivity index (χ1) is 34.4. The summed E-state index contributed by atoms with van der Waals surface area (Å²) in [6.07, 6.45) is 24.5. The molecule has 8 aromatic carbocycles. The number of nitrogens with two attached hydrogens (primary N) is 3. The van der Waals surface area contributed by atoms with Gasteiger partial charge in [-0.05, 0) is 143 Å². The number of fused-ring (bicyclic) bond motifs is 3. The number of benzene rings is 8. The largest absolute Gasteiger partial charge is 0.398 e. The van der Waals surface area contributed by atoms with Crippen LogP contribution >= 0.6 is 0 Å². The summed E-state index contributed by atoms with van der Waals surface area (Å²) in [6.45, 7) is 12.2. The molecule has 9 rings (SSSR count). The highest BCUT2D eigenvalue weighted by atomic mass is 15.2. The molecule has 1 unspecified atom stereocenters. The molecule has 0 aromatic heterocycles. The summed E-state index contributed by atoms with van der Waals surface area (Å²) in [5, 5.41) is 7.82. The number of rotatable bonds is 9. The molecule has 1 aliphatic rings. The van der Waals surface area contributed by atoms with Crippen molar-refractivity contribution in [2.45, 2.75) is 66.7 Å². The van der Waals surface area contributed by atoms with Crippen molar-refractivity contribution in [3.63, 3.8) is 0 Å². The van der Waals surface area contributed by atoms with Gasteiger partial charge in [-0.15, -0.1) is 0 Å². The number of anilines is 1. The Morgan fingerprint density at radius 2 is 1.16 bits per heavy atom. The monoisotopic (exact) mass is 925 g/mol. The van der Waals surface area contributed by atoms with E-state index in [-0.39, 0.29) is 5.92 Å². The molecule has 0 amide bonds. The average molecular weight is 925 g/mol. The Hall–Kier alpha value is -7.34. The number of aryl methyl sites for hydroxylation is 1. The summed E-state index contributed by atoms with van der Waals surface area (Å²) in [5.41, 5.74) is 25.5. The smallest absolute Gasteiger partial charge is 0.0349 e. The van der Waals surface area contributed by atoms with Crippen LogP contribution in [0.25, 0.3) is 49.0 Å². The van der Waals surface area contributed by atoms with Gasteiger partial charge >= 0.3 is 0 Å². The minimum Gasteiger partial charge on any atom is -0.398 e. The van der Waals surface area contributed by atoms with E-state index in [0.29, 0.717) is 0 Å². The van der Waals surface area contributed by atoms with Crippen LogP contribution in [0.2, 0.25) is 0 Å². The second kappa shape index (κ2) is 30.9. The zero-order valence-electron chi connectivity index (χ0n) is 42.9. The Labute approximate surface area is 420 Å². The molecule has 0 saturated carbocycles. The van der Waals surface area contributed by atoms with Gasteiger partial charge in [0.15, 0.2) is 0 Å². The molecule has 0 aliphatic heterocycles.